The molecular weight excluding hydrogens is 303 g/mol. The molecule has 15 heavy (non-hydrogen) atoms. The van der Waals surface area contributed by atoms with Gasteiger partial charge < -0.3 is 9.47 Å². The molecule has 0 aliphatic carbocycles. The summed E-state index contributed by atoms with van der Waals surface area (Å²) in [5.41, 5.74) is 0. The van der Waals surface area contributed by atoms with E-state index in [9.17, 15) is 0 Å². The summed E-state index contributed by atoms with van der Waals surface area (Å²) in [4.78, 5) is 0. The van der Waals surface area contributed by atoms with E-state index in [1.807, 2.05) is 17.9 Å². The van der Waals surface area contributed by atoms with E-state index in [1.54, 1.807) is 0 Å². The zero-order valence-corrected chi connectivity index (χ0v) is 12.2. The van der Waals surface area contributed by atoms with Gasteiger partial charge in [0.15, 0.2) is 6.29 Å². The highest BCUT2D eigenvalue weighted by Crippen LogP contribution is 2.12. The van der Waals surface area contributed by atoms with Crippen molar-refractivity contribution in [1.29, 1.82) is 0 Å². The van der Waals surface area contributed by atoms with Crippen LogP contribution in [-0.4, -0.2) is 19.0 Å². The first-order valence-electron chi connectivity index (χ1n) is 5.78. The molecule has 2 atom stereocenters. The largest absolute Gasteiger partial charge is 0.353 e. The summed E-state index contributed by atoms with van der Waals surface area (Å²) in [5, 5.41) is 0. The molecule has 0 heterocycles. The first-order chi connectivity index (χ1) is 7.24. The molecule has 90 valence electrons. The summed E-state index contributed by atoms with van der Waals surface area (Å²) in [6.45, 7) is 6.86. The van der Waals surface area contributed by atoms with Gasteiger partial charge in [-0.05, 0) is 30.4 Å². The van der Waals surface area contributed by atoms with Gasteiger partial charge in [-0.1, -0.05) is 48.8 Å². The second-order valence-electron chi connectivity index (χ2n) is 3.51. The lowest BCUT2D eigenvalue weighted by Gasteiger charge is -2.19. The minimum atomic E-state index is -0.103. The van der Waals surface area contributed by atoms with Gasteiger partial charge in [0, 0.05) is 6.61 Å². The van der Waals surface area contributed by atoms with Crippen LogP contribution >= 0.6 is 22.6 Å². The number of rotatable bonds is 9. The Morgan fingerprint density at radius 3 is 2.53 bits per heavy atom. The van der Waals surface area contributed by atoms with E-state index in [4.69, 9.17) is 9.47 Å². The molecule has 0 bridgehead atoms. The molecule has 0 radical (unpaired) electrons. The molecule has 0 aromatic heterocycles. The van der Waals surface area contributed by atoms with Crippen molar-refractivity contribution in [2.75, 3.05) is 6.61 Å². The highest BCUT2D eigenvalue weighted by molar-refractivity contribution is 14.1. The van der Waals surface area contributed by atoms with Gasteiger partial charge in [-0.25, -0.2) is 0 Å². The summed E-state index contributed by atoms with van der Waals surface area (Å²) >= 11 is 2.23. The summed E-state index contributed by atoms with van der Waals surface area (Å²) in [7, 11) is 0. The number of ether oxygens (including phenoxy) is 2. The molecule has 0 aromatic rings. The number of unbranched alkanes of at least 4 members (excludes halogenated alkanes) is 2. The lowest BCUT2D eigenvalue weighted by Crippen LogP contribution is -2.20. The minimum Gasteiger partial charge on any atom is -0.353 e. The number of hydrogen-bond donors (Lipinski definition) is 0. The maximum atomic E-state index is 5.76. The summed E-state index contributed by atoms with van der Waals surface area (Å²) < 4.78 is 13.2. The van der Waals surface area contributed by atoms with Crippen LogP contribution in [-0.2, 0) is 9.47 Å². The van der Waals surface area contributed by atoms with Crippen LogP contribution in [0, 0.1) is 0 Å². The average molecular weight is 326 g/mol. The molecule has 3 heteroatoms. The minimum absolute atomic E-state index is 0.103. The highest BCUT2D eigenvalue weighted by Gasteiger charge is 2.09. The lowest BCUT2D eigenvalue weighted by atomic mass is 10.1. The van der Waals surface area contributed by atoms with E-state index >= 15 is 0 Å². The molecule has 0 rings (SSSR count). The predicted octanol–water partition coefficient (Wildman–Crippen LogP) is 4.28. The van der Waals surface area contributed by atoms with E-state index in [0.717, 1.165) is 6.42 Å². The molecule has 0 aliphatic heterocycles. The van der Waals surface area contributed by atoms with Crippen molar-refractivity contribution >= 4 is 22.6 Å². The normalized spacial score (nSPS) is 15.7. The second-order valence-corrected chi connectivity index (χ2v) is 4.23. The molecule has 0 amide bonds. The fourth-order valence-corrected chi connectivity index (χ4v) is 1.87. The zero-order valence-electron chi connectivity index (χ0n) is 10.0. The lowest BCUT2D eigenvalue weighted by molar-refractivity contribution is -0.147. The van der Waals surface area contributed by atoms with Crippen molar-refractivity contribution in [3.8, 4) is 0 Å². The van der Waals surface area contributed by atoms with E-state index < -0.39 is 0 Å². The molecule has 0 aliphatic rings. The first-order valence-corrected chi connectivity index (χ1v) is 7.03. The fourth-order valence-electron chi connectivity index (χ4n) is 1.41. The first kappa shape index (κ1) is 15.4. The molecule has 1 unspecified atom stereocenters. The van der Waals surface area contributed by atoms with Crippen LogP contribution in [0.2, 0.25) is 0 Å². The smallest absolute Gasteiger partial charge is 0.155 e. The quantitative estimate of drug-likeness (QED) is 0.358. The van der Waals surface area contributed by atoms with Crippen LogP contribution in [0.5, 0.6) is 0 Å². The Labute approximate surface area is 108 Å². The maximum absolute atomic E-state index is 5.76. The van der Waals surface area contributed by atoms with Gasteiger partial charge in [0.1, 0.15) is 0 Å². The number of hydrogen-bond acceptors (Lipinski definition) is 2. The van der Waals surface area contributed by atoms with Crippen LogP contribution in [0.25, 0.3) is 0 Å². The van der Waals surface area contributed by atoms with Crippen LogP contribution in [0.1, 0.15) is 46.5 Å². The van der Waals surface area contributed by atoms with Crippen LogP contribution < -0.4 is 0 Å². The molecule has 0 N–H and O–H groups in total. The molecule has 0 saturated carbocycles. The highest BCUT2D eigenvalue weighted by atomic mass is 127. The summed E-state index contributed by atoms with van der Waals surface area (Å²) in [5.74, 6) is 0. The van der Waals surface area contributed by atoms with E-state index in [1.165, 1.54) is 19.3 Å². The molecule has 2 nitrogen and oxygen atoms in total. The summed E-state index contributed by atoms with van der Waals surface area (Å²) in [6, 6.07) is 0. The van der Waals surface area contributed by atoms with Crippen LogP contribution in [0.3, 0.4) is 0 Å². The van der Waals surface area contributed by atoms with Gasteiger partial charge in [0.2, 0.25) is 0 Å². The third kappa shape index (κ3) is 9.33. The summed E-state index contributed by atoms with van der Waals surface area (Å²) in [6.07, 6.45) is 7.04. The Bertz CT molecular complexity index is 160. The Morgan fingerprint density at radius 2 is 2.00 bits per heavy atom. The zero-order chi connectivity index (χ0) is 11.5. The second kappa shape index (κ2) is 10.9. The van der Waals surface area contributed by atoms with Crippen molar-refractivity contribution in [2.45, 2.75) is 58.8 Å². The third-order valence-electron chi connectivity index (χ3n) is 2.15. The van der Waals surface area contributed by atoms with Gasteiger partial charge in [-0.3, -0.25) is 0 Å². The van der Waals surface area contributed by atoms with Gasteiger partial charge >= 0.3 is 0 Å². The molecule has 0 aromatic carbocycles. The van der Waals surface area contributed by atoms with Gasteiger partial charge in [0.05, 0.1) is 6.10 Å². The fraction of sp³-hybridized carbons (Fsp3) is 0.833. The average Bonchev–Trinajstić information content (AvgIpc) is 2.18. The number of halogens is 1. The van der Waals surface area contributed by atoms with Crippen LogP contribution in [0.4, 0.5) is 0 Å². The van der Waals surface area contributed by atoms with Crippen LogP contribution in [0.15, 0.2) is 10.2 Å². The van der Waals surface area contributed by atoms with Crippen molar-refractivity contribution in [2.24, 2.45) is 0 Å². The van der Waals surface area contributed by atoms with Crippen molar-refractivity contribution in [3.63, 3.8) is 0 Å². The Morgan fingerprint density at radius 1 is 1.27 bits per heavy atom. The standard InChI is InChI=1S/C12H23IO2/c1-4-6-7-8-12(9-10-13)15-11(3)14-5-2/h9-12H,4-8H2,1-3H3/b10-9+/t11-,12?/m0/s1. The van der Waals surface area contributed by atoms with E-state index in [-0.39, 0.29) is 12.4 Å². The molecule has 0 spiro atoms. The van der Waals surface area contributed by atoms with Crippen molar-refractivity contribution in [3.05, 3.63) is 10.2 Å². The predicted molar refractivity (Wildman–Crippen MR) is 73.3 cm³/mol. The third-order valence-corrected chi connectivity index (χ3v) is 2.56. The van der Waals surface area contributed by atoms with E-state index in [0.29, 0.717) is 6.61 Å². The van der Waals surface area contributed by atoms with E-state index in [2.05, 4.69) is 35.6 Å². The van der Waals surface area contributed by atoms with Gasteiger partial charge in [-0.15, -0.1) is 0 Å². The SMILES string of the molecule is CCCCCC(/C=C/I)O[C@@H](C)OCC. The van der Waals surface area contributed by atoms with Gasteiger partial charge in [-0.2, -0.15) is 0 Å². The molecule has 0 saturated heterocycles. The topological polar surface area (TPSA) is 18.5 Å². The maximum Gasteiger partial charge on any atom is 0.155 e. The Kier molecular flexibility index (Phi) is 11.2. The van der Waals surface area contributed by atoms with Crippen molar-refractivity contribution in [1.82, 2.24) is 0 Å². The molecule has 0 fully saturated rings. The van der Waals surface area contributed by atoms with Gasteiger partial charge in [0.25, 0.3) is 0 Å². The Hall–Kier alpha value is 0.390. The monoisotopic (exact) mass is 326 g/mol. The van der Waals surface area contributed by atoms with Crippen molar-refractivity contribution < 1.29 is 9.47 Å². The molecular formula is C12H23IO2. The Balaban J connectivity index is 3.81.